The van der Waals surface area contributed by atoms with Gasteiger partial charge in [-0.15, -0.1) is 0 Å². The number of carbonyl (C=O) groups is 1. The maximum Gasteiger partial charge on any atom is 0.338 e. The summed E-state index contributed by atoms with van der Waals surface area (Å²) >= 11 is 0. The van der Waals surface area contributed by atoms with Gasteiger partial charge in [-0.25, -0.2) is 18.6 Å². The average Bonchev–Trinajstić information content (AvgIpc) is 2.26. The van der Waals surface area contributed by atoms with E-state index in [4.69, 9.17) is 5.26 Å². The molecule has 0 aliphatic carbocycles. The second-order valence-corrected chi connectivity index (χ2v) is 2.66. The highest BCUT2D eigenvalue weighted by Crippen LogP contribution is 2.26. The largest absolute Gasteiger partial charge is 0.465 e. The molecule has 0 saturated heterocycles. The minimum atomic E-state index is -3.11. The lowest BCUT2D eigenvalue weighted by molar-refractivity contribution is 0.0588. The summed E-state index contributed by atoms with van der Waals surface area (Å²) in [5.74, 6) is -2.34. The average molecular weight is 230 g/mol. The van der Waals surface area contributed by atoms with Crippen molar-refractivity contribution in [1.29, 1.82) is 5.26 Å². The normalized spacial score (nSPS) is 10.0. The molecule has 16 heavy (non-hydrogen) atoms. The Bertz CT molecular complexity index is 469. The molecule has 0 unspecified atom stereocenters. The second kappa shape index (κ2) is 4.61. The molecule has 0 aliphatic rings. The Morgan fingerprint density at radius 3 is 2.69 bits per heavy atom. The Balaban J connectivity index is 3.52. The van der Waals surface area contributed by atoms with Gasteiger partial charge in [0.05, 0.1) is 18.2 Å². The van der Waals surface area contributed by atoms with E-state index in [1.54, 1.807) is 0 Å². The van der Waals surface area contributed by atoms with Gasteiger partial charge in [0.15, 0.2) is 5.69 Å². The highest BCUT2D eigenvalue weighted by Gasteiger charge is 2.25. The summed E-state index contributed by atoms with van der Waals surface area (Å²) in [4.78, 5) is 14.1. The fraction of sp³-hybridized carbons (Fsp3) is 0.222. The predicted octanol–water partition coefficient (Wildman–Crippen LogP) is 1.82. The quantitative estimate of drug-likeness (QED) is 0.574. The van der Waals surface area contributed by atoms with Crippen LogP contribution < -0.4 is 0 Å². The van der Waals surface area contributed by atoms with Crippen molar-refractivity contribution in [3.05, 3.63) is 28.8 Å². The maximum atomic E-state index is 12.8. The molecule has 0 aromatic carbocycles. The first-order chi connectivity index (χ1) is 7.51. The number of alkyl halides is 2. The van der Waals surface area contributed by atoms with E-state index in [0.717, 1.165) is 7.11 Å². The number of esters is 1. The fourth-order valence-corrected chi connectivity index (χ4v) is 1.11. The molecule has 0 bridgehead atoms. The van der Waals surface area contributed by atoms with Crippen LogP contribution in [0.2, 0.25) is 0 Å². The Morgan fingerprint density at radius 2 is 2.25 bits per heavy atom. The molecule has 0 saturated carbocycles. The first-order valence-corrected chi connectivity index (χ1v) is 3.98. The third-order valence-corrected chi connectivity index (χ3v) is 1.76. The van der Waals surface area contributed by atoms with E-state index >= 15 is 0 Å². The number of nitrogens with zero attached hydrogens (tertiary/aromatic N) is 2. The van der Waals surface area contributed by atoms with Gasteiger partial charge in [0.2, 0.25) is 5.95 Å². The highest BCUT2D eigenvalue weighted by atomic mass is 19.3. The van der Waals surface area contributed by atoms with Crippen molar-refractivity contribution in [3.63, 3.8) is 0 Å². The van der Waals surface area contributed by atoms with Crippen molar-refractivity contribution >= 4 is 5.97 Å². The van der Waals surface area contributed by atoms with Gasteiger partial charge in [0.25, 0.3) is 6.43 Å². The Labute approximate surface area is 88.3 Å². The molecule has 4 nitrogen and oxygen atoms in total. The third-order valence-electron chi connectivity index (χ3n) is 1.76. The summed E-state index contributed by atoms with van der Waals surface area (Å²) in [6.45, 7) is 0. The summed E-state index contributed by atoms with van der Waals surface area (Å²) in [6.07, 6.45) is -3.11. The smallest absolute Gasteiger partial charge is 0.338 e. The molecule has 0 fully saturated rings. The summed E-state index contributed by atoms with van der Waals surface area (Å²) in [7, 11) is 0.960. The Morgan fingerprint density at radius 1 is 1.62 bits per heavy atom. The number of hydrogen-bond acceptors (Lipinski definition) is 4. The predicted molar refractivity (Wildman–Crippen MR) is 45.2 cm³/mol. The molecule has 0 N–H and O–H groups in total. The van der Waals surface area contributed by atoms with Crippen LogP contribution in [0.5, 0.6) is 0 Å². The van der Waals surface area contributed by atoms with Gasteiger partial charge >= 0.3 is 5.97 Å². The number of carbonyl (C=O) groups excluding carboxylic acids is 1. The van der Waals surface area contributed by atoms with Crippen LogP contribution in [0.4, 0.5) is 13.2 Å². The molecule has 0 atom stereocenters. The lowest BCUT2D eigenvalue weighted by Gasteiger charge is -2.07. The molecule has 7 heteroatoms. The number of rotatable bonds is 2. The van der Waals surface area contributed by atoms with Crippen molar-refractivity contribution < 1.29 is 22.7 Å². The Kier molecular flexibility index (Phi) is 3.45. The van der Waals surface area contributed by atoms with E-state index in [9.17, 15) is 18.0 Å². The van der Waals surface area contributed by atoms with Gasteiger partial charge in [-0.1, -0.05) is 0 Å². The Hall–Kier alpha value is -2.10. The molecule has 84 valence electrons. The lowest BCUT2D eigenvalue weighted by atomic mass is 10.1. The summed E-state index contributed by atoms with van der Waals surface area (Å²) in [5.41, 5.74) is -2.44. The van der Waals surface area contributed by atoms with Crippen LogP contribution in [0.1, 0.15) is 28.0 Å². The van der Waals surface area contributed by atoms with Crippen molar-refractivity contribution in [3.8, 4) is 6.07 Å². The minimum absolute atomic E-state index is 0.508. The zero-order valence-electron chi connectivity index (χ0n) is 8.00. The molecule has 0 aliphatic heterocycles. The van der Waals surface area contributed by atoms with E-state index in [0.29, 0.717) is 6.07 Å². The maximum absolute atomic E-state index is 12.8. The number of ether oxygens (including phenoxy) is 1. The third kappa shape index (κ3) is 2.11. The van der Waals surface area contributed by atoms with E-state index in [1.165, 1.54) is 6.07 Å². The first-order valence-electron chi connectivity index (χ1n) is 3.98. The molecule has 0 spiro atoms. The zero-order valence-corrected chi connectivity index (χ0v) is 8.00. The van der Waals surface area contributed by atoms with E-state index in [2.05, 4.69) is 9.72 Å². The molecule has 1 aromatic rings. The van der Waals surface area contributed by atoms with Crippen LogP contribution in [-0.4, -0.2) is 18.1 Å². The van der Waals surface area contributed by atoms with Crippen LogP contribution in [0, 0.1) is 17.3 Å². The SMILES string of the molecule is COC(=O)c1cc(F)nc(C#N)c1C(F)F. The number of aromatic nitrogens is 1. The van der Waals surface area contributed by atoms with Crippen LogP contribution in [0.25, 0.3) is 0 Å². The van der Waals surface area contributed by atoms with Crippen LogP contribution >= 0.6 is 0 Å². The number of halogens is 3. The minimum Gasteiger partial charge on any atom is -0.465 e. The molecule has 1 aromatic heterocycles. The van der Waals surface area contributed by atoms with E-state index in [-0.39, 0.29) is 0 Å². The monoisotopic (exact) mass is 230 g/mol. The molecule has 0 radical (unpaired) electrons. The van der Waals surface area contributed by atoms with Crippen LogP contribution in [0.3, 0.4) is 0 Å². The van der Waals surface area contributed by atoms with E-state index in [1.807, 2.05) is 0 Å². The highest BCUT2D eigenvalue weighted by molar-refractivity contribution is 5.91. The van der Waals surface area contributed by atoms with Gasteiger partial charge in [-0.2, -0.15) is 9.65 Å². The topological polar surface area (TPSA) is 63.0 Å². The number of methoxy groups -OCH3 is 1. The van der Waals surface area contributed by atoms with Crippen molar-refractivity contribution in [2.45, 2.75) is 6.43 Å². The van der Waals surface area contributed by atoms with Crippen molar-refractivity contribution in [2.24, 2.45) is 0 Å². The van der Waals surface area contributed by atoms with Gasteiger partial charge in [-0.3, -0.25) is 0 Å². The summed E-state index contributed by atoms with van der Waals surface area (Å²) in [5, 5.41) is 8.51. The van der Waals surface area contributed by atoms with Gasteiger partial charge in [0, 0.05) is 6.07 Å². The summed E-state index contributed by atoms with van der Waals surface area (Å²) < 4.78 is 42.2. The van der Waals surface area contributed by atoms with E-state index < -0.39 is 35.2 Å². The zero-order chi connectivity index (χ0) is 12.3. The number of hydrogen-bond donors (Lipinski definition) is 0. The molecule has 1 rings (SSSR count). The second-order valence-electron chi connectivity index (χ2n) is 2.66. The van der Waals surface area contributed by atoms with Crippen molar-refractivity contribution in [2.75, 3.05) is 7.11 Å². The van der Waals surface area contributed by atoms with Crippen LogP contribution in [-0.2, 0) is 4.74 Å². The molecule has 0 amide bonds. The van der Waals surface area contributed by atoms with Crippen molar-refractivity contribution in [1.82, 2.24) is 4.98 Å². The molecular formula is C9H5F3N2O2. The summed E-state index contributed by atoms with van der Waals surface area (Å²) in [6, 6.07) is 1.81. The van der Waals surface area contributed by atoms with Crippen LogP contribution in [0.15, 0.2) is 6.07 Å². The molecule has 1 heterocycles. The fourth-order valence-electron chi connectivity index (χ4n) is 1.11. The number of pyridine rings is 1. The van der Waals surface area contributed by atoms with Gasteiger partial charge < -0.3 is 4.74 Å². The van der Waals surface area contributed by atoms with Gasteiger partial charge in [-0.05, 0) is 0 Å². The van der Waals surface area contributed by atoms with Gasteiger partial charge in [0.1, 0.15) is 6.07 Å². The lowest BCUT2D eigenvalue weighted by Crippen LogP contribution is -2.10. The number of nitriles is 1. The standard InChI is InChI=1S/C9H5F3N2O2/c1-16-9(15)4-2-6(10)14-5(3-13)7(4)8(11)12/h2,8H,1H3. The molecular weight excluding hydrogens is 225 g/mol. The first kappa shape index (κ1) is 12.0.